The minimum absolute atomic E-state index is 0.220. The van der Waals surface area contributed by atoms with Gasteiger partial charge in [-0.2, -0.15) is 0 Å². The molecule has 0 bridgehead atoms. The largest absolute Gasteiger partial charge is 0.394 e. The molecule has 0 aromatic rings. The molecule has 0 saturated carbocycles. The highest BCUT2D eigenvalue weighted by atomic mass is 32.2. The van der Waals surface area contributed by atoms with Gasteiger partial charge in [-0.15, -0.1) is 0 Å². The Bertz CT molecular complexity index is 353. The van der Waals surface area contributed by atoms with Crippen LogP contribution in [-0.2, 0) is 19.4 Å². The van der Waals surface area contributed by atoms with Crippen molar-refractivity contribution in [2.75, 3.05) is 32.6 Å². The number of carbonyl (C=O) groups excluding carboxylic acids is 1. The van der Waals surface area contributed by atoms with Crippen molar-refractivity contribution in [2.24, 2.45) is 0 Å². The van der Waals surface area contributed by atoms with Gasteiger partial charge in [0.25, 0.3) is 0 Å². The van der Waals surface area contributed by atoms with Crippen LogP contribution in [0.2, 0.25) is 0 Å². The lowest BCUT2D eigenvalue weighted by atomic mass is 10.2. The van der Waals surface area contributed by atoms with Gasteiger partial charge in [-0.3, -0.25) is 4.79 Å². The molecule has 1 fully saturated rings. The van der Waals surface area contributed by atoms with Crippen molar-refractivity contribution in [3.8, 4) is 0 Å². The first-order chi connectivity index (χ1) is 7.38. The Balaban J connectivity index is 2.79. The number of sulfone groups is 1. The van der Waals surface area contributed by atoms with E-state index in [1.54, 1.807) is 0 Å². The first-order valence-electron chi connectivity index (χ1n) is 5.06. The minimum atomic E-state index is -3.40. The first kappa shape index (κ1) is 13.4. The van der Waals surface area contributed by atoms with E-state index in [-0.39, 0.29) is 13.2 Å². The lowest BCUT2D eigenvalue weighted by Crippen LogP contribution is -2.54. The van der Waals surface area contributed by atoms with Crippen LogP contribution in [0.3, 0.4) is 0 Å². The number of amides is 1. The lowest BCUT2D eigenvalue weighted by Gasteiger charge is -2.35. The maximum atomic E-state index is 11.9. The van der Waals surface area contributed by atoms with E-state index in [9.17, 15) is 13.2 Å². The molecule has 2 unspecified atom stereocenters. The Morgan fingerprint density at radius 2 is 2.25 bits per heavy atom. The molecule has 94 valence electrons. The van der Waals surface area contributed by atoms with Crippen LogP contribution in [0.1, 0.15) is 6.92 Å². The van der Waals surface area contributed by atoms with Crippen molar-refractivity contribution in [1.29, 1.82) is 0 Å². The van der Waals surface area contributed by atoms with Crippen LogP contribution >= 0.6 is 0 Å². The van der Waals surface area contributed by atoms with Gasteiger partial charge in [0, 0.05) is 12.8 Å². The average Bonchev–Trinajstić information content (AvgIpc) is 2.25. The predicted octanol–water partition coefficient (Wildman–Crippen LogP) is -1.36. The summed E-state index contributed by atoms with van der Waals surface area (Å²) >= 11 is 0. The lowest BCUT2D eigenvalue weighted by molar-refractivity contribution is -0.140. The van der Waals surface area contributed by atoms with E-state index < -0.39 is 27.0 Å². The molecule has 1 aliphatic heterocycles. The molecule has 0 aromatic carbocycles. The number of carbonyl (C=O) groups is 1. The fraction of sp³-hybridized carbons (Fsp3) is 0.889. The SMILES string of the molecule is CC(C(=O)N1CCOCC1CO)S(C)(=O)=O. The van der Waals surface area contributed by atoms with Gasteiger partial charge in [0.1, 0.15) is 5.25 Å². The summed E-state index contributed by atoms with van der Waals surface area (Å²) in [5.41, 5.74) is 0. The van der Waals surface area contributed by atoms with Gasteiger partial charge in [0.05, 0.1) is 25.9 Å². The third kappa shape index (κ3) is 2.93. The molecule has 1 heterocycles. The molecule has 7 heteroatoms. The Labute approximate surface area is 95.1 Å². The van der Waals surface area contributed by atoms with E-state index in [1.807, 2.05) is 0 Å². The summed E-state index contributed by atoms with van der Waals surface area (Å²) in [6.07, 6.45) is 1.03. The maximum Gasteiger partial charge on any atom is 0.241 e. The summed E-state index contributed by atoms with van der Waals surface area (Å²) in [6.45, 7) is 2.09. The highest BCUT2D eigenvalue weighted by Crippen LogP contribution is 2.11. The topological polar surface area (TPSA) is 83.9 Å². The summed E-state index contributed by atoms with van der Waals surface area (Å²) in [6, 6.07) is -0.439. The quantitative estimate of drug-likeness (QED) is 0.669. The molecule has 1 rings (SSSR count). The summed E-state index contributed by atoms with van der Waals surface area (Å²) < 4.78 is 27.7. The van der Waals surface area contributed by atoms with E-state index in [2.05, 4.69) is 0 Å². The van der Waals surface area contributed by atoms with Crippen molar-refractivity contribution in [1.82, 2.24) is 4.90 Å². The zero-order chi connectivity index (χ0) is 12.3. The fourth-order valence-corrected chi connectivity index (χ4v) is 2.01. The Morgan fingerprint density at radius 1 is 1.62 bits per heavy atom. The van der Waals surface area contributed by atoms with Crippen molar-refractivity contribution in [3.63, 3.8) is 0 Å². The van der Waals surface area contributed by atoms with Gasteiger partial charge in [-0.05, 0) is 6.92 Å². The second-order valence-corrected chi connectivity index (χ2v) is 6.28. The molecule has 0 aromatic heterocycles. The van der Waals surface area contributed by atoms with E-state index in [4.69, 9.17) is 9.84 Å². The normalized spacial score (nSPS) is 24.2. The van der Waals surface area contributed by atoms with Crippen LogP contribution in [-0.4, -0.2) is 68.2 Å². The van der Waals surface area contributed by atoms with Crippen LogP contribution < -0.4 is 0 Å². The van der Waals surface area contributed by atoms with Crippen LogP contribution in [0.15, 0.2) is 0 Å². The van der Waals surface area contributed by atoms with Crippen molar-refractivity contribution in [3.05, 3.63) is 0 Å². The molecule has 1 saturated heterocycles. The molecule has 1 aliphatic rings. The van der Waals surface area contributed by atoms with E-state index in [1.165, 1.54) is 11.8 Å². The summed E-state index contributed by atoms with van der Waals surface area (Å²) in [5, 5.41) is 8.00. The summed E-state index contributed by atoms with van der Waals surface area (Å²) in [4.78, 5) is 13.3. The van der Waals surface area contributed by atoms with Gasteiger partial charge in [-0.25, -0.2) is 8.42 Å². The fourth-order valence-electron chi connectivity index (χ4n) is 1.51. The average molecular weight is 251 g/mol. The molecule has 0 radical (unpaired) electrons. The van der Waals surface area contributed by atoms with Crippen molar-refractivity contribution < 1.29 is 23.1 Å². The Morgan fingerprint density at radius 3 is 2.75 bits per heavy atom. The number of aliphatic hydroxyl groups is 1. The van der Waals surface area contributed by atoms with Crippen molar-refractivity contribution >= 4 is 15.7 Å². The predicted molar refractivity (Wildman–Crippen MR) is 57.7 cm³/mol. The highest BCUT2D eigenvalue weighted by molar-refractivity contribution is 7.92. The second-order valence-electron chi connectivity index (χ2n) is 3.91. The number of morpholine rings is 1. The van der Waals surface area contributed by atoms with Crippen LogP contribution in [0.25, 0.3) is 0 Å². The van der Waals surface area contributed by atoms with E-state index in [0.717, 1.165) is 6.26 Å². The van der Waals surface area contributed by atoms with Gasteiger partial charge >= 0.3 is 0 Å². The maximum absolute atomic E-state index is 11.9. The standard InChI is InChI=1S/C9H17NO5S/c1-7(16(2,13)14)9(12)10-3-4-15-6-8(10)5-11/h7-8,11H,3-6H2,1-2H3. The first-order valence-corrected chi connectivity index (χ1v) is 7.01. The Hall–Kier alpha value is -0.660. The van der Waals surface area contributed by atoms with Crippen LogP contribution in [0.5, 0.6) is 0 Å². The zero-order valence-corrected chi connectivity index (χ0v) is 10.2. The van der Waals surface area contributed by atoms with Gasteiger partial charge in [0.15, 0.2) is 9.84 Å². The molecular formula is C9H17NO5S. The van der Waals surface area contributed by atoms with Crippen LogP contribution in [0.4, 0.5) is 0 Å². The van der Waals surface area contributed by atoms with Gasteiger partial charge in [-0.1, -0.05) is 0 Å². The number of aliphatic hydroxyl groups excluding tert-OH is 1. The molecule has 16 heavy (non-hydrogen) atoms. The molecule has 2 atom stereocenters. The van der Waals surface area contributed by atoms with E-state index in [0.29, 0.717) is 13.2 Å². The van der Waals surface area contributed by atoms with Crippen LogP contribution in [0, 0.1) is 0 Å². The molecular weight excluding hydrogens is 234 g/mol. The monoisotopic (exact) mass is 251 g/mol. The molecule has 0 aliphatic carbocycles. The number of ether oxygens (including phenoxy) is 1. The highest BCUT2D eigenvalue weighted by Gasteiger charge is 2.33. The molecule has 0 spiro atoms. The number of nitrogens with zero attached hydrogens (tertiary/aromatic N) is 1. The molecule has 1 amide bonds. The van der Waals surface area contributed by atoms with Gasteiger partial charge < -0.3 is 14.7 Å². The number of rotatable bonds is 3. The second kappa shape index (κ2) is 5.11. The van der Waals surface area contributed by atoms with Crippen molar-refractivity contribution in [2.45, 2.75) is 18.2 Å². The third-order valence-electron chi connectivity index (χ3n) is 2.71. The zero-order valence-electron chi connectivity index (χ0n) is 9.42. The summed E-state index contributed by atoms with van der Waals surface area (Å²) in [7, 11) is -3.40. The minimum Gasteiger partial charge on any atom is -0.394 e. The Kier molecular flexibility index (Phi) is 4.28. The molecule has 6 nitrogen and oxygen atoms in total. The third-order valence-corrected chi connectivity index (χ3v) is 4.20. The smallest absolute Gasteiger partial charge is 0.241 e. The molecule has 1 N–H and O–H groups in total. The van der Waals surface area contributed by atoms with E-state index >= 15 is 0 Å². The van der Waals surface area contributed by atoms with Gasteiger partial charge in [0.2, 0.25) is 5.91 Å². The number of hydrogen-bond donors (Lipinski definition) is 1. The number of hydrogen-bond acceptors (Lipinski definition) is 5. The summed E-state index contributed by atoms with van der Waals surface area (Å²) in [5.74, 6) is -0.468.